The zero-order chi connectivity index (χ0) is 22.8. The zero-order valence-corrected chi connectivity index (χ0v) is 18.6. The standard InChI is InChI=1S/C21H32O3.C4H6O2/c1-3-4-5-6-7-8-10-13-19(18(2)21(22)23)16-17-24-20-14-11-9-12-15-20;1-3(2)4(5)6/h9,11-12,14-15,19H,2-8,10,13,16-17H2,1H3,(H,22,23);1H2,2H3,(H,5,6). The lowest BCUT2D eigenvalue weighted by atomic mass is 9.91. The molecule has 5 heteroatoms. The van der Waals surface area contributed by atoms with Crippen LogP contribution in [0.25, 0.3) is 0 Å². The highest BCUT2D eigenvalue weighted by atomic mass is 16.5. The van der Waals surface area contributed by atoms with Gasteiger partial charge in [-0.3, -0.25) is 0 Å². The van der Waals surface area contributed by atoms with Crippen molar-refractivity contribution in [2.24, 2.45) is 5.92 Å². The van der Waals surface area contributed by atoms with E-state index >= 15 is 0 Å². The van der Waals surface area contributed by atoms with Crippen molar-refractivity contribution in [3.05, 3.63) is 54.6 Å². The molecule has 0 bridgehead atoms. The Morgan fingerprint density at radius 3 is 1.93 bits per heavy atom. The fraction of sp³-hybridized carbons (Fsp3) is 0.520. The molecule has 0 aromatic heterocycles. The number of carboxylic acids is 2. The maximum atomic E-state index is 11.2. The van der Waals surface area contributed by atoms with Crippen molar-refractivity contribution in [2.75, 3.05) is 6.61 Å². The zero-order valence-electron chi connectivity index (χ0n) is 18.6. The summed E-state index contributed by atoms with van der Waals surface area (Å²) in [5.74, 6) is -0.993. The predicted molar refractivity (Wildman–Crippen MR) is 122 cm³/mol. The normalized spacial score (nSPS) is 11.0. The Bertz CT molecular complexity index is 624. The minimum Gasteiger partial charge on any atom is -0.494 e. The van der Waals surface area contributed by atoms with E-state index in [1.807, 2.05) is 30.3 Å². The molecule has 0 spiro atoms. The maximum absolute atomic E-state index is 11.2. The van der Waals surface area contributed by atoms with Crippen LogP contribution in [0.5, 0.6) is 5.75 Å². The average molecular weight is 419 g/mol. The Morgan fingerprint density at radius 1 is 0.900 bits per heavy atom. The van der Waals surface area contributed by atoms with Crippen LogP contribution in [-0.2, 0) is 9.59 Å². The molecule has 0 aliphatic heterocycles. The number of carbonyl (C=O) groups is 2. The van der Waals surface area contributed by atoms with Gasteiger partial charge >= 0.3 is 11.9 Å². The summed E-state index contributed by atoms with van der Waals surface area (Å²) < 4.78 is 5.70. The van der Waals surface area contributed by atoms with Crippen molar-refractivity contribution < 1.29 is 24.5 Å². The monoisotopic (exact) mass is 418 g/mol. The molecular weight excluding hydrogens is 380 g/mol. The van der Waals surface area contributed by atoms with Crippen LogP contribution >= 0.6 is 0 Å². The molecule has 2 N–H and O–H groups in total. The molecule has 30 heavy (non-hydrogen) atoms. The van der Waals surface area contributed by atoms with Gasteiger partial charge in [-0.25, -0.2) is 9.59 Å². The van der Waals surface area contributed by atoms with Crippen molar-refractivity contribution in [3.8, 4) is 5.75 Å². The summed E-state index contributed by atoms with van der Waals surface area (Å²) in [6, 6.07) is 9.64. The van der Waals surface area contributed by atoms with Gasteiger partial charge in [0.15, 0.2) is 0 Å². The molecule has 0 radical (unpaired) electrons. The molecule has 0 aliphatic carbocycles. The third kappa shape index (κ3) is 14.4. The van der Waals surface area contributed by atoms with Crippen LogP contribution in [0.15, 0.2) is 54.6 Å². The molecule has 0 heterocycles. The van der Waals surface area contributed by atoms with E-state index in [1.54, 1.807) is 0 Å². The van der Waals surface area contributed by atoms with Gasteiger partial charge < -0.3 is 14.9 Å². The molecule has 1 aromatic rings. The molecule has 1 atom stereocenters. The first-order chi connectivity index (χ1) is 14.3. The molecule has 0 amide bonds. The van der Waals surface area contributed by atoms with E-state index in [4.69, 9.17) is 9.84 Å². The highest BCUT2D eigenvalue weighted by molar-refractivity contribution is 5.86. The van der Waals surface area contributed by atoms with Crippen molar-refractivity contribution in [2.45, 2.75) is 71.6 Å². The van der Waals surface area contributed by atoms with Crippen LogP contribution in [0, 0.1) is 5.92 Å². The van der Waals surface area contributed by atoms with Gasteiger partial charge in [-0.1, -0.05) is 83.2 Å². The summed E-state index contributed by atoms with van der Waals surface area (Å²) in [4.78, 5) is 20.8. The van der Waals surface area contributed by atoms with E-state index in [9.17, 15) is 14.7 Å². The highest BCUT2D eigenvalue weighted by Crippen LogP contribution is 2.23. The number of carboxylic acid groups (broad SMARTS) is 2. The van der Waals surface area contributed by atoms with E-state index in [0.717, 1.165) is 18.6 Å². The highest BCUT2D eigenvalue weighted by Gasteiger charge is 2.18. The van der Waals surface area contributed by atoms with Crippen molar-refractivity contribution in [1.82, 2.24) is 0 Å². The van der Waals surface area contributed by atoms with Gasteiger partial charge in [-0.2, -0.15) is 0 Å². The van der Waals surface area contributed by atoms with E-state index in [-0.39, 0.29) is 11.5 Å². The average Bonchev–Trinajstić information content (AvgIpc) is 2.72. The van der Waals surface area contributed by atoms with E-state index < -0.39 is 11.9 Å². The van der Waals surface area contributed by atoms with Crippen LogP contribution < -0.4 is 4.74 Å². The van der Waals surface area contributed by atoms with E-state index in [1.165, 1.54) is 45.4 Å². The first-order valence-corrected chi connectivity index (χ1v) is 10.8. The maximum Gasteiger partial charge on any atom is 0.331 e. The summed E-state index contributed by atoms with van der Waals surface area (Å²) in [6.45, 7) is 11.1. The molecule has 0 aliphatic rings. The molecular formula is C25H38O5. The van der Waals surface area contributed by atoms with E-state index in [2.05, 4.69) is 20.1 Å². The Morgan fingerprint density at radius 2 is 1.43 bits per heavy atom. The third-order valence-corrected chi connectivity index (χ3v) is 4.77. The molecule has 0 saturated heterocycles. The van der Waals surface area contributed by atoms with Crippen molar-refractivity contribution >= 4 is 11.9 Å². The first-order valence-electron chi connectivity index (χ1n) is 10.8. The summed E-state index contributed by atoms with van der Waals surface area (Å²) >= 11 is 0. The second-order valence-corrected chi connectivity index (χ2v) is 7.47. The fourth-order valence-corrected chi connectivity index (χ4v) is 2.85. The number of benzene rings is 1. The van der Waals surface area contributed by atoms with Gasteiger partial charge in [0.1, 0.15) is 5.75 Å². The first kappa shape index (κ1) is 27.4. The fourth-order valence-electron chi connectivity index (χ4n) is 2.85. The molecule has 1 rings (SSSR count). The van der Waals surface area contributed by atoms with Gasteiger partial charge in [-0.05, 0) is 37.8 Å². The summed E-state index contributed by atoms with van der Waals surface area (Å²) in [7, 11) is 0. The number of ether oxygens (including phenoxy) is 1. The second-order valence-electron chi connectivity index (χ2n) is 7.47. The van der Waals surface area contributed by atoms with Crippen LogP contribution in [-0.4, -0.2) is 28.8 Å². The Kier molecular flexibility index (Phi) is 15.8. The smallest absolute Gasteiger partial charge is 0.331 e. The van der Waals surface area contributed by atoms with E-state index in [0.29, 0.717) is 18.6 Å². The van der Waals surface area contributed by atoms with Gasteiger partial charge in [-0.15, -0.1) is 0 Å². The number of rotatable bonds is 15. The minimum absolute atomic E-state index is 0.00172. The molecule has 0 fully saturated rings. The van der Waals surface area contributed by atoms with Crippen molar-refractivity contribution in [3.63, 3.8) is 0 Å². The SMILES string of the molecule is C=C(C(=O)O)C(CCCCCCCCC)CCOc1ccccc1.C=C(C)C(=O)O. The Labute approximate surface area is 181 Å². The van der Waals surface area contributed by atoms with Crippen LogP contribution in [0.4, 0.5) is 0 Å². The Hall–Kier alpha value is -2.56. The van der Waals surface area contributed by atoms with Gasteiger partial charge in [0.05, 0.1) is 6.61 Å². The second kappa shape index (κ2) is 17.3. The summed E-state index contributed by atoms with van der Waals surface area (Å²) in [5, 5.41) is 17.1. The molecule has 168 valence electrons. The van der Waals surface area contributed by atoms with Crippen LogP contribution in [0.3, 0.4) is 0 Å². The Balaban J connectivity index is 0.00000122. The quantitative estimate of drug-likeness (QED) is 0.251. The van der Waals surface area contributed by atoms with Crippen LogP contribution in [0.1, 0.15) is 71.6 Å². The minimum atomic E-state index is -0.935. The molecule has 1 unspecified atom stereocenters. The number of hydrogen-bond acceptors (Lipinski definition) is 3. The summed E-state index contributed by atoms with van der Waals surface area (Å²) in [6.07, 6.45) is 10.3. The van der Waals surface area contributed by atoms with Crippen molar-refractivity contribution in [1.29, 1.82) is 0 Å². The number of aliphatic carboxylic acids is 2. The lowest BCUT2D eigenvalue weighted by molar-refractivity contribution is -0.134. The van der Waals surface area contributed by atoms with Crippen LogP contribution in [0.2, 0.25) is 0 Å². The van der Waals surface area contributed by atoms with Gasteiger partial charge in [0.2, 0.25) is 0 Å². The largest absolute Gasteiger partial charge is 0.494 e. The lowest BCUT2D eigenvalue weighted by Gasteiger charge is -2.17. The predicted octanol–water partition coefficient (Wildman–Crippen LogP) is 6.50. The number of unbranched alkanes of at least 4 members (excludes halogenated alkanes) is 6. The van der Waals surface area contributed by atoms with Gasteiger partial charge in [0, 0.05) is 11.1 Å². The number of para-hydroxylation sites is 1. The van der Waals surface area contributed by atoms with Gasteiger partial charge in [0.25, 0.3) is 0 Å². The molecule has 1 aromatic carbocycles. The summed E-state index contributed by atoms with van der Waals surface area (Å²) in [5.41, 5.74) is 0.493. The molecule has 5 nitrogen and oxygen atoms in total. The number of hydrogen-bond donors (Lipinski definition) is 2. The third-order valence-electron chi connectivity index (χ3n) is 4.77. The topological polar surface area (TPSA) is 83.8 Å². The molecule has 0 saturated carbocycles. The lowest BCUT2D eigenvalue weighted by Crippen LogP contribution is -2.15.